The van der Waals surface area contributed by atoms with Gasteiger partial charge in [-0.25, -0.2) is 0 Å². The fourth-order valence-electron chi connectivity index (χ4n) is 2.37. The summed E-state index contributed by atoms with van der Waals surface area (Å²) in [6, 6.07) is 14.3. The fourth-order valence-corrected chi connectivity index (χ4v) is 2.37. The van der Waals surface area contributed by atoms with Crippen LogP contribution in [0.5, 0.6) is 5.75 Å². The fraction of sp³-hybridized carbons (Fsp3) is 0.167. The lowest BCUT2D eigenvalue weighted by Crippen LogP contribution is -2.12. The first-order valence-corrected chi connectivity index (χ1v) is 7.82. The van der Waals surface area contributed by atoms with Crippen LogP contribution in [0.4, 0.5) is 5.69 Å². The van der Waals surface area contributed by atoms with E-state index in [9.17, 15) is 9.59 Å². The molecule has 3 rings (SSSR count). The van der Waals surface area contributed by atoms with Crippen molar-refractivity contribution in [3.63, 3.8) is 0 Å². The third kappa shape index (κ3) is 4.14. The first-order valence-electron chi connectivity index (χ1n) is 7.82. The smallest absolute Gasteiger partial charge is 0.303 e. The molecule has 1 aromatic heterocycles. The number of hydrogen-bond acceptors (Lipinski definition) is 4. The van der Waals surface area contributed by atoms with Crippen molar-refractivity contribution in [1.29, 1.82) is 0 Å². The Labute approximate surface area is 143 Å². The molecule has 0 fully saturated rings. The Bertz CT molecular complexity index is 887. The Balaban J connectivity index is 1.59. The Morgan fingerprint density at radius 3 is 2.64 bits per heavy atom. The molecule has 0 saturated carbocycles. The number of carboxylic acid groups (broad SMARTS) is 1. The molecule has 7 nitrogen and oxygen atoms in total. The number of nitrogens with one attached hydrogen (secondary N) is 2. The summed E-state index contributed by atoms with van der Waals surface area (Å²) in [5.74, 6) is -0.520. The molecule has 1 amide bonds. The monoisotopic (exact) mass is 339 g/mol. The third-order valence-electron chi connectivity index (χ3n) is 3.60. The van der Waals surface area contributed by atoms with E-state index in [-0.39, 0.29) is 12.3 Å². The number of carbonyl (C=O) groups is 2. The van der Waals surface area contributed by atoms with Crippen LogP contribution >= 0.6 is 0 Å². The standard InChI is InChI=1S/C18H17N3O4/c22-16(23)6-3-11-25-13-9-7-12(8-10-13)19-18(24)17-14-4-1-2-5-15(14)20-21-17/h1-2,4-5,7-10H,3,6,11H2,(H,19,24)(H,20,21)(H,22,23). The predicted molar refractivity (Wildman–Crippen MR) is 92.9 cm³/mol. The zero-order valence-electron chi connectivity index (χ0n) is 13.4. The van der Waals surface area contributed by atoms with Crippen LogP contribution in [0.3, 0.4) is 0 Å². The number of amides is 1. The molecular formula is C18H17N3O4. The van der Waals surface area contributed by atoms with Crippen LogP contribution < -0.4 is 10.1 Å². The van der Waals surface area contributed by atoms with E-state index >= 15 is 0 Å². The molecule has 0 saturated heterocycles. The van der Waals surface area contributed by atoms with Crippen LogP contribution in [0.15, 0.2) is 48.5 Å². The summed E-state index contributed by atoms with van der Waals surface area (Å²) in [5, 5.41) is 19.0. The number of para-hydroxylation sites is 1. The summed E-state index contributed by atoms with van der Waals surface area (Å²) in [5.41, 5.74) is 1.76. The minimum atomic E-state index is -0.840. The van der Waals surface area contributed by atoms with Crippen molar-refractivity contribution in [2.75, 3.05) is 11.9 Å². The molecule has 0 spiro atoms. The van der Waals surface area contributed by atoms with E-state index in [1.165, 1.54) is 0 Å². The summed E-state index contributed by atoms with van der Waals surface area (Å²) < 4.78 is 5.45. The number of aromatic amines is 1. The SMILES string of the molecule is O=C(O)CCCOc1ccc(NC(=O)c2n[nH]c3ccccc23)cc1. The van der Waals surface area contributed by atoms with Gasteiger partial charge in [-0.15, -0.1) is 0 Å². The van der Waals surface area contributed by atoms with Crippen molar-refractivity contribution in [2.24, 2.45) is 0 Å². The van der Waals surface area contributed by atoms with Gasteiger partial charge >= 0.3 is 5.97 Å². The topological polar surface area (TPSA) is 104 Å². The molecule has 3 N–H and O–H groups in total. The summed E-state index contributed by atoms with van der Waals surface area (Å²) in [4.78, 5) is 22.8. The molecular weight excluding hydrogens is 322 g/mol. The second-order valence-electron chi connectivity index (χ2n) is 5.44. The average Bonchev–Trinajstić information content (AvgIpc) is 3.04. The van der Waals surface area contributed by atoms with Gasteiger partial charge in [-0.2, -0.15) is 5.10 Å². The van der Waals surface area contributed by atoms with Gasteiger partial charge in [-0.1, -0.05) is 18.2 Å². The molecule has 0 unspecified atom stereocenters. The number of carboxylic acids is 1. The molecule has 7 heteroatoms. The Hall–Kier alpha value is -3.35. The highest BCUT2D eigenvalue weighted by Crippen LogP contribution is 2.19. The van der Waals surface area contributed by atoms with Crippen LogP contribution in [0.25, 0.3) is 10.9 Å². The highest BCUT2D eigenvalue weighted by atomic mass is 16.5. The van der Waals surface area contributed by atoms with E-state index in [0.717, 1.165) is 10.9 Å². The highest BCUT2D eigenvalue weighted by molar-refractivity contribution is 6.11. The number of nitrogens with zero attached hydrogens (tertiary/aromatic N) is 1. The summed E-state index contributed by atoms with van der Waals surface area (Å²) in [7, 11) is 0. The Morgan fingerprint density at radius 2 is 1.88 bits per heavy atom. The van der Waals surface area contributed by atoms with Gasteiger partial charge in [0.05, 0.1) is 12.1 Å². The third-order valence-corrected chi connectivity index (χ3v) is 3.60. The Kier molecular flexibility index (Phi) is 4.94. The summed E-state index contributed by atoms with van der Waals surface area (Å²) in [6.07, 6.45) is 0.520. The van der Waals surface area contributed by atoms with Crippen molar-refractivity contribution >= 4 is 28.5 Å². The number of carbonyl (C=O) groups excluding carboxylic acids is 1. The normalized spacial score (nSPS) is 10.6. The first kappa shape index (κ1) is 16.5. The molecule has 0 aliphatic rings. The second kappa shape index (κ2) is 7.48. The van der Waals surface area contributed by atoms with Gasteiger partial charge in [0.1, 0.15) is 5.75 Å². The first-order chi connectivity index (χ1) is 12.1. The quantitative estimate of drug-likeness (QED) is 0.574. The van der Waals surface area contributed by atoms with E-state index in [0.29, 0.717) is 30.2 Å². The molecule has 3 aromatic rings. The van der Waals surface area contributed by atoms with Gasteiger partial charge in [0.15, 0.2) is 5.69 Å². The second-order valence-corrected chi connectivity index (χ2v) is 5.44. The maximum absolute atomic E-state index is 12.4. The van der Waals surface area contributed by atoms with Gasteiger partial charge in [0.2, 0.25) is 0 Å². The minimum Gasteiger partial charge on any atom is -0.494 e. The molecule has 0 radical (unpaired) electrons. The van der Waals surface area contributed by atoms with E-state index in [1.54, 1.807) is 24.3 Å². The maximum Gasteiger partial charge on any atom is 0.303 e. The number of fused-ring (bicyclic) bond motifs is 1. The Morgan fingerprint density at radius 1 is 1.12 bits per heavy atom. The van der Waals surface area contributed by atoms with Crippen molar-refractivity contribution in [2.45, 2.75) is 12.8 Å². The highest BCUT2D eigenvalue weighted by Gasteiger charge is 2.13. The van der Waals surface area contributed by atoms with Gasteiger partial charge in [0.25, 0.3) is 5.91 Å². The van der Waals surface area contributed by atoms with E-state index in [4.69, 9.17) is 9.84 Å². The van der Waals surface area contributed by atoms with Crippen LogP contribution in [-0.2, 0) is 4.79 Å². The molecule has 25 heavy (non-hydrogen) atoms. The van der Waals surface area contributed by atoms with Gasteiger partial charge in [-0.05, 0) is 36.8 Å². The predicted octanol–water partition coefficient (Wildman–Crippen LogP) is 3.06. The molecule has 128 valence electrons. The number of anilines is 1. The van der Waals surface area contributed by atoms with Crippen molar-refractivity contribution < 1.29 is 19.4 Å². The molecule has 0 bridgehead atoms. The van der Waals surface area contributed by atoms with Gasteiger partial charge in [-0.3, -0.25) is 14.7 Å². The van der Waals surface area contributed by atoms with Crippen LogP contribution in [0.1, 0.15) is 23.3 Å². The maximum atomic E-state index is 12.4. The zero-order valence-corrected chi connectivity index (χ0v) is 13.4. The molecule has 0 aliphatic heterocycles. The number of H-pyrrole nitrogens is 1. The lowest BCUT2D eigenvalue weighted by atomic mass is 10.2. The number of benzene rings is 2. The molecule has 0 atom stereocenters. The number of hydrogen-bond donors (Lipinski definition) is 3. The van der Waals surface area contributed by atoms with Gasteiger partial charge < -0.3 is 15.2 Å². The number of rotatable bonds is 7. The van der Waals surface area contributed by atoms with Crippen LogP contribution in [-0.4, -0.2) is 33.8 Å². The van der Waals surface area contributed by atoms with E-state index in [2.05, 4.69) is 15.5 Å². The average molecular weight is 339 g/mol. The van der Waals surface area contributed by atoms with Crippen molar-refractivity contribution in [1.82, 2.24) is 10.2 Å². The molecule has 0 aliphatic carbocycles. The number of aromatic nitrogens is 2. The largest absolute Gasteiger partial charge is 0.494 e. The molecule has 1 heterocycles. The van der Waals surface area contributed by atoms with Crippen LogP contribution in [0.2, 0.25) is 0 Å². The summed E-state index contributed by atoms with van der Waals surface area (Å²) >= 11 is 0. The van der Waals surface area contributed by atoms with Crippen LogP contribution in [0, 0.1) is 0 Å². The van der Waals surface area contributed by atoms with Crippen molar-refractivity contribution in [3.8, 4) is 5.75 Å². The van der Waals surface area contributed by atoms with Gasteiger partial charge in [0, 0.05) is 17.5 Å². The minimum absolute atomic E-state index is 0.0752. The lowest BCUT2D eigenvalue weighted by Gasteiger charge is -2.07. The van der Waals surface area contributed by atoms with Crippen molar-refractivity contribution in [3.05, 3.63) is 54.2 Å². The zero-order chi connectivity index (χ0) is 17.6. The number of aliphatic carboxylic acids is 1. The van der Waals surface area contributed by atoms with E-state index in [1.807, 2.05) is 24.3 Å². The van der Waals surface area contributed by atoms with E-state index < -0.39 is 5.97 Å². The lowest BCUT2D eigenvalue weighted by molar-refractivity contribution is -0.137. The molecule has 2 aromatic carbocycles. The summed E-state index contributed by atoms with van der Waals surface area (Å²) in [6.45, 7) is 0.331. The number of ether oxygens (including phenoxy) is 1.